The van der Waals surface area contributed by atoms with Gasteiger partial charge in [0.2, 0.25) is 0 Å². The largest absolute Gasteiger partial charge is 0.504 e. The SMILES string of the molecule is Cc1cc(F)ccc1-n1cc(O)c(C(=O)NCc2ccccc2)n1. The number of nitrogens with zero attached hydrogens (tertiary/aromatic N) is 2. The molecule has 0 aliphatic heterocycles. The molecule has 0 unspecified atom stereocenters. The summed E-state index contributed by atoms with van der Waals surface area (Å²) in [6.07, 6.45) is 1.33. The second-order valence-electron chi connectivity index (χ2n) is 5.41. The number of aromatic nitrogens is 2. The van der Waals surface area contributed by atoms with E-state index in [0.717, 1.165) is 5.56 Å². The van der Waals surface area contributed by atoms with E-state index in [1.54, 1.807) is 13.0 Å². The average molecular weight is 325 g/mol. The van der Waals surface area contributed by atoms with E-state index in [-0.39, 0.29) is 17.3 Å². The Morgan fingerprint density at radius 3 is 2.71 bits per heavy atom. The molecule has 0 aliphatic rings. The molecule has 2 N–H and O–H groups in total. The summed E-state index contributed by atoms with van der Waals surface area (Å²) in [6.45, 7) is 2.06. The van der Waals surface area contributed by atoms with Crippen molar-refractivity contribution in [2.75, 3.05) is 0 Å². The van der Waals surface area contributed by atoms with Crippen molar-refractivity contribution in [2.24, 2.45) is 0 Å². The van der Waals surface area contributed by atoms with E-state index in [1.807, 2.05) is 30.3 Å². The zero-order valence-electron chi connectivity index (χ0n) is 13.0. The number of carbonyl (C=O) groups is 1. The van der Waals surface area contributed by atoms with E-state index >= 15 is 0 Å². The predicted molar refractivity (Wildman–Crippen MR) is 87.5 cm³/mol. The minimum atomic E-state index is -0.477. The van der Waals surface area contributed by atoms with Crippen LogP contribution in [0.25, 0.3) is 5.69 Å². The van der Waals surface area contributed by atoms with Gasteiger partial charge in [0.1, 0.15) is 5.82 Å². The summed E-state index contributed by atoms with van der Waals surface area (Å²) >= 11 is 0. The van der Waals surface area contributed by atoms with Gasteiger partial charge in [-0.1, -0.05) is 30.3 Å². The minimum absolute atomic E-state index is 0.0744. The third kappa shape index (κ3) is 3.27. The van der Waals surface area contributed by atoms with Crippen LogP contribution in [0.15, 0.2) is 54.7 Å². The third-order valence-corrected chi connectivity index (χ3v) is 3.61. The van der Waals surface area contributed by atoms with Gasteiger partial charge in [-0.3, -0.25) is 4.79 Å². The molecule has 0 atom stereocenters. The molecule has 24 heavy (non-hydrogen) atoms. The number of nitrogens with one attached hydrogen (secondary N) is 1. The maximum atomic E-state index is 13.2. The highest BCUT2D eigenvalue weighted by Crippen LogP contribution is 2.21. The minimum Gasteiger partial charge on any atom is -0.504 e. The number of rotatable bonds is 4. The summed E-state index contributed by atoms with van der Waals surface area (Å²) in [4.78, 5) is 12.2. The van der Waals surface area contributed by atoms with Crippen LogP contribution in [0.5, 0.6) is 5.75 Å². The molecular formula is C18H16FN3O2. The molecule has 1 amide bonds. The van der Waals surface area contributed by atoms with E-state index in [9.17, 15) is 14.3 Å². The lowest BCUT2D eigenvalue weighted by Crippen LogP contribution is -2.23. The van der Waals surface area contributed by atoms with Gasteiger partial charge < -0.3 is 10.4 Å². The van der Waals surface area contributed by atoms with E-state index in [2.05, 4.69) is 10.4 Å². The molecule has 0 saturated heterocycles. The molecule has 5 nitrogen and oxygen atoms in total. The number of carbonyl (C=O) groups excluding carboxylic acids is 1. The van der Waals surface area contributed by atoms with Gasteiger partial charge in [-0.25, -0.2) is 9.07 Å². The smallest absolute Gasteiger partial charge is 0.275 e. The predicted octanol–water partition coefficient (Wildman–Crippen LogP) is 2.96. The van der Waals surface area contributed by atoms with E-state index in [0.29, 0.717) is 17.8 Å². The van der Waals surface area contributed by atoms with Crippen molar-refractivity contribution in [2.45, 2.75) is 13.5 Å². The molecule has 1 heterocycles. The number of aromatic hydroxyl groups is 1. The number of benzene rings is 2. The summed E-state index contributed by atoms with van der Waals surface area (Å²) in [7, 11) is 0. The van der Waals surface area contributed by atoms with Crippen molar-refractivity contribution in [3.05, 3.63) is 77.4 Å². The number of hydrogen-bond acceptors (Lipinski definition) is 3. The number of hydrogen-bond donors (Lipinski definition) is 2. The Morgan fingerprint density at radius 1 is 1.25 bits per heavy atom. The van der Waals surface area contributed by atoms with Gasteiger partial charge >= 0.3 is 0 Å². The van der Waals surface area contributed by atoms with E-state index in [4.69, 9.17) is 0 Å². The maximum absolute atomic E-state index is 13.2. The van der Waals surface area contributed by atoms with Gasteiger partial charge in [0.25, 0.3) is 5.91 Å². The highest BCUT2D eigenvalue weighted by molar-refractivity contribution is 5.94. The lowest BCUT2D eigenvalue weighted by atomic mass is 10.2. The second kappa shape index (κ2) is 6.54. The van der Waals surface area contributed by atoms with E-state index < -0.39 is 5.91 Å². The second-order valence-corrected chi connectivity index (χ2v) is 5.41. The van der Waals surface area contributed by atoms with Crippen LogP contribution < -0.4 is 5.32 Å². The first-order valence-corrected chi connectivity index (χ1v) is 7.42. The maximum Gasteiger partial charge on any atom is 0.275 e. The molecule has 2 aromatic carbocycles. The topological polar surface area (TPSA) is 67.2 Å². The zero-order chi connectivity index (χ0) is 17.1. The van der Waals surface area contributed by atoms with Crippen LogP contribution in [0.1, 0.15) is 21.6 Å². The molecular weight excluding hydrogens is 309 g/mol. The first kappa shape index (κ1) is 15.7. The van der Waals surface area contributed by atoms with Gasteiger partial charge in [-0.15, -0.1) is 0 Å². The molecule has 0 aliphatic carbocycles. The highest BCUT2D eigenvalue weighted by Gasteiger charge is 2.17. The van der Waals surface area contributed by atoms with Gasteiger partial charge in [0.15, 0.2) is 11.4 Å². The van der Waals surface area contributed by atoms with Crippen molar-refractivity contribution in [3.8, 4) is 11.4 Å². The Morgan fingerprint density at radius 2 is 2.00 bits per heavy atom. The molecule has 3 rings (SSSR count). The molecule has 1 aromatic heterocycles. The van der Waals surface area contributed by atoms with Gasteiger partial charge in [0, 0.05) is 6.54 Å². The summed E-state index contributed by atoms with van der Waals surface area (Å²) in [6, 6.07) is 13.6. The molecule has 3 aromatic rings. The van der Waals surface area contributed by atoms with Crippen LogP contribution in [0.2, 0.25) is 0 Å². The van der Waals surface area contributed by atoms with Crippen molar-refractivity contribution in [1.82, 2.24) is 15.1 Å². The fourth-order valence-corrected chi connectivity index (χ4v) is 2.39. The van der Waals surface area contributed by atoms with Crippen LogP contribution in [0.4, 0.5) is 4.39 Å². The van der Waals surface area contributed by atoms with Gasteiger partial charge in [-0.05, 0) is 36.2 Å². The average Bonchev–Trinajstić information content (AvgIpc) is 2.95. The van der Waals surface area contributed by atoms with Crippen molar-refractivity contribution < 1.29 is 14.3 Å². The number of amides is 1. The van der Waals surface area contributed by atoms with Gasteiger partial charge in [0.05, 0.1) is 11.9 Å². The zero-order valence-corrected chi connectivity index (χ0v) is 13.0. The van der Waals surface area contributed by atoms with Crippen LogP contribution in [0.3, 0.4) is 0 Å². The highest BCUT2D eigenvalue weighted by atomic mass is 19.1. The van der Waals surface area contributed by atoms with Crippen molar-refractivity contribution >= 4 is 5.91 Å². The third-order valence-electron chi connectivity index (χ3n) is 3.61. The van der Waals surface area contributed by atoms with Crippen LogP contribution in [-0.2, 0) is 6.54 Å². The standard InChI is InChI=1S/C18H16FN3O2/c1-12-9-14(19)7-8-15(12)22-11-16(23)17(21-22)18(24)20-10-13-5-3-2-4-6-13/h2-9,11,23H,10H2,1H3,(H,20,24). The Bertz CT molecular complexity index is 875. The Balaban J connectivity index is 1.79. The lowest BCUT2D eigenvalue weighted by Gasteiger charge is -2.05. The Hall–Kier alpha value is -3.15. The van der Waals surface area contributed by atoms with Crippen LogP contribution >= 0.6 is 0 Å². The van der Waals surface area contributed by atoms with Gasteiger partial charge in [-0.2, -0.15) is 5.10 Å². The van der Waals surface area contributed by atoms with E-state index in [1.165, 1.54) is 23.0 Å². The fourth-order valence-electron chi connectivity index (χ4n) is 2.39. The molecule has 0 bridgehead atoms. The molecule has 0 radical (unpaired) electrons. The fraction of sp³-hybridized carbons (Fsp3) is 0.111. The van der Waals surface area contributed by atoms with Crippen LogP contribution in [-0.4, -0.2) is 20.8 Å². The molecule has 122 valence electrons. The molecule has 6 heteroatoms. The molecule has 0 saturated carbocycles. The Kier molecular flexibility index (Phi) is 4.29. The van der Waals surface area contributed by atoms with Crippen molar-refractivity contribution in [1.29, 1.82) is 0 Å². The lowest BCUT2D eigenvalue weighted by molar-refractivity contribution is 0.0943. The summed E-state index contributed by atoms with van der Waals surface area (Å²) in [5.74, 6) is -1.06. The summed E-state index contributed by atoms with van der Waals surface area (Å²) in [5.41, 5.74) is 2.11. The molecule has 0 spiro atoms. The first-order valence-electron chi connectivity index (χ1n) is 7.42. The monoisotopic (exact) mass is 325 g/mol. The number of aryl methyl sites for hydroxylation is 1. The Labute approximate surface area is 138 Å². The first-order chi connectivity index (χ1) is 11.5. The summed E-state index contributed by atoms with van der Waals surface area (Å²) in [5, 5.41) is 16.8. The van der Waals surface area contributed by atoms with Crippen LogP contribution in [0, 0.1) is 12.7 Å². The molecule has 0 fully saturated rings. The summed E-state index contributed by atoms with van der Waals surface area (Å²) < 4.78 is 14.6. The number of halogens is 1. The quantitative estimate of drug-likeness (QED) is 0.775. The van der Waals surface area contributed by atoms with Crippen molar-refractivity contribution in [3.63, 3.8) is 0 Å². The normalized spacial score (nSPS) is 10.6.